The van der Waals surface area contributed by atoms with Crippen LogP contribution in [0.3, 0.4) is 0 Å². The topological polar surface area (TPSA) is 24.8 Å². The molecule has 0 amide bonds. The van der Waals surface area contributed by atoms with Crippen molar-refractivity contribution in [3.05, 3.63) is 29.8 Å². The Morgan fingerprint density at radius 2 is 2.00 bits per heavy atom. The predicted molar refractivity (Wildman–Crippen MR) is 92.2 cm³/mol. The number of hydrazone groups is 1. The lowest BCUT2D eigenvalue weighted by Crippen LogP contribution is -2.03. The molecule has 0 aromatic heterocycles. The minimum atomic E-state index is -2.55. The first kappa shape index (κ1) is 17.3. The summed E-state index contributed by atoms with van der Waals surface area (Å²) in [6, 6.07) is 7.48. The SMILES string of the molecule is CC(Oc1ccc(/C=N/N(C)P(=S)(Cl)Cl)cc1)P=S. The molecular weight excluding hydrogens is 361 g/mol. The van der Waals surface area contributed by atoms with Crippen LogP contribution in [0.2, 0.25) is 0 Å². The van der Waals surface area contributed by atoms with Crippen molar-refractivity contribution < 1.29 is 4.74 Å². The molecule has 0 saturated heterocycles. The quantitative estimate of drug-likeness (QED) is 0.407. The van der Waals surface area contributed by atoms with Gasteiger partial charge in [-0.1, -0.05) is 11.8 Å². The van der Waals surface area contributed by atoms with Crippen LogP contribution in [-0.2, 0) is 23.6 Å². The predicted octanol–water partition coefficient (Wildman–Crippen LogP) is 4.79. The molecule has 0 heterocycles. The first-order valence-corrected chi connectivity index (χ1v) is 11.7. The van der Waals surface area contributed by atoms with Crippen molar-refractivity contribution in [1.82, 2.24) is 4.78 Å². The van der Waals surface area contributed by atoms with Gasteiger partial charge in [0.15, 0.2) is 0 Å². The maximum Gasteiger partial charge on any atom is 0.222 e. The molecule has 1 aromatic carbocycles. The number of benzene rings is 1. The Hall–Kier alpha value is 0.240. The van der Waals surface area contributed by atoms with Gasteiger partial charge in [-0.2, -0.15) is 5.10 Å². The maximum atomic E-state index is 5.82. The lowest BCUT2D eigenvalue weighted by atomic mass is 10.2. The molecule has 1 unspecified atom stereocenters. The lowest BCUT2D eigenvalue weighted by Gasteiger charge is -2.16. The van der Waals surface area contributed by atoms with Gasteiger partial charge in [0, 0.05) is 14.4 Å². The minimum Gasteiger partial charge on any atom is -0.481 e. The standard InChI is InChI=1S/C10H12Cl2N2OP2S2/c1-8(16-18)15-10-5-3-9(4-6-10)7-13-14(2)17(11,12)19/h3-8H,1-2H3/b13-7+. The molecule has 0 aliphatic carbocycles. The zero-order chi connectivity index (χ0) is 14.5. The fourth-order valence-electron chi connectivity index (χ4n) is 1.06. The molecule has 0 aliphatic rings. The van der Waals surface area contributed by atoms with Crippen molar-refractivity contribution >= 4 is 64.6 Å². The van der Waals surface area contributed by atoms with Crippen LogP contribution < -0.4 is 4.74 Å². The third kappa shape index (κ3) is 6.48. The normalized spacial score (nSPS) is 13.7. The molecule has 0 spiro atoms. The number of hydrogen-bond donors (Lipinski definition) is 0. The Bertz CT molecular complexity index is 507. The molecule has 104 valence electrons. The molecule has 19 heavy (non-hydrogen) atoms. The van der Waals surface area contributed by atoms with Crippen molar-refractivity contribution in [2.24, 2.45) is 5.10 Å². The smallest absolute Gasteiger partial charge is 0.222 e. The fourth-order valence-corrected chi connectivity index (χ4v) is 1.89. The summed E-state index contributed by atoms with van der Waals surface area (Å²) in [5, 5.41) is 4.10. The Kier molecular flexibility index (Phi) is 7.17. The van der Waals surface area contributed by atoms with Gasteiger partial charge >= 0.3 is 0 Å². The molecule has 0 saturated carbocycles. The summed E-state index contributed by atoms with van der Waals surface area (Å²) in [5.41, 5.74) is 0.902. The van der Waals surface area contributed by atoms with E-state index in [9.17, 15) is 0 Å². The van der Waals surface area contributed by atoms with Gasteiger partial charge in [0.2, 0.25) is 4.89 Å². The van der Waals surface area contributed by atoms with Crippen LogP contribution in [-0.4, -0.2) is 23.9 Å². The molecule has 0 aliphatic heterocycles. The second-order valence-electron chi connectivity index (χ2n) is 3.56. The molecule has 1 rings (SSSR count). The van der Waals surface area contributed by atoms with Gasteiger partial charge in [0.25, 0.3) is 0 Å². The van der Waals surface area contributed by atoms with Crippen LogP contribution in [0.15, 0.2) is 29.4 Å². The van der Waals surface area contributed by atoms with Gasteiger partial charge in [0.05, 0.1) is 6.21 Å². The third-order valence-corrected chi connectivity index (χ3v) is 6.14. The summed E-state index contributed by atoms with van der Waals surface area (Å²) in [6.07, 6.45) is 1.64. The summed E-state index contributed by atoms with van der Waals surface area (Å²) in [4.78, 5) is -2.55. The summed E-state index contributed by atoms with van der Waals surface area (Å²) >= 11 is 21.5. The number of halogens is 2. The Labute approximate surface area is 134 Å². The van der Waals surface area contributed by atoms with Crippen molar-refractivity contribution in [3.8, 4) is 5.75 Å². The van der Waals surface area contributed by atoms with Crippen LogP contribution in [0, 0.1) is 0 Å². The van der Waals surface area contributed by atoms with Gasteiger partial charge in [-0.25, -0.2) is 4.78 Å². The summed E-state index contributed by atoms with van der Waals surface area (Å²) < 4.78 is 6.97. The molecule has 0 bridgehead atoms. The van der Waals surface area contributed by atoms with Gasteiger partial charge in [0.1, 0.15) is 11.6 Å². The van der Waals surface area contributed by atoms with E-state index < -0.39 is 4.89 Å². The van der Waals surface area contributed by atoms with E-state index in [1.165, 1.54) is 4.78 Å². The number of nitrogens with zero attached hydrogens (tertiary/aromatic N) is 2. The Morgan fingerprint density at radius 3 is 2.47 bits per heavy atom. The highest BCUT2D eigenvalue weighted by Crippen LogP contribution is 2.59. The highest BCUT2D eigenvalue weighted by Gasteiger charge is 2.12. The van der Waals surface area contributed by atoms with Crippen LogP contribution in [0.5, 0.6) is 5.75 Å². The van der Waals surface area contributed by atoms with E-state index in [0.717, 1.165) is 18.7 Å². The summed E-state index contributed by atoms with van der Waals surface area (Å²) in [6.45, 7) is 1.92. The van der Waals surface area contributed by atoms with Crippen LogP contribution in [0.25, 0.3) is 0 Å². The zero-order valence-corrected chi connectivity index (χ0v) is 15.2. The molecule has 3 nitrogen and oxygen atoms in total. The van der Waals surface area contributed by atoms with E-state index in [-0.39, 0.29) is 5.85 Å². The van der Waals surface area contributed by atoms with Crippen LogP contribution in [0.1, 0.15) is 12.5 Å². The lowest BCUT2D eigenvalue weighted by molar-refractivity contribution is 0.307. The highest BCUT2D eigenvalue weighted by molar-refractivity contribution is 8.37. The molecule has 0 N–H and O–H groups in total. The van der Waals surface area contributed by atoms with Crippen molar-refractivity contribution in [2.75, 3.05) is 7.05 Å². The van der Waals surface area contributed by atoms with Crippen molar-refractivity contribution in [2.45, 2.75) is 12.8 Å². The fraction of sp³-hybridized carbons (Fsp3) is 0.300. The highest BCUT2D eigenvalue weighted by atomic mass is 35.9. The van der Waals surface area contributed by atoms with E-state index in [1.807, 2.05) is 31.2 Å². The minimum absolute atomic E-state index is 0.00113. The van der Waals surface area contributed by atoms with E-state index in [0.29, 0.717) is 0 Å². The third-order valence-electron chi connectivity index (χ3n) is 2.05. The van der Waals surface area contributed by atoms with E-state index >= 15 is 0 Å². The second-order valence-corrected chi connectivity index (χ2v) is 12.8. The van der Waals surface area contributed by atoms with Gasteiger partial charge in [-0.15, -0.1) is 0 Å². The number of rotatable bonds is 6. The van der Waals surface area contributed by atoms with Gasteiger partial charge in [-0.05, 0) is 71.0 Å². The molecule has 1 aromatic rings. The first-order valence-electron chi connectivity index (χ1n) is 5.19. The Balaban J connectivity index is 2.69. The number of ether oxygens (including phenoxy) is 1. The van der Waals surface area contributed by atoms with E-state index in [1.54, 1.807) is 13.3 Å². The van der Waals surface area contributed by atoms with E-state index in [4.69, 9.17) is 50.8 Å². The molecule has 1 atom stereocenters. The molecule has 0 fully saturated rings. The van der Waals surface area contributed by atoms with Gasteiger partial charge in [-0.3, -0.25) is 0 Å². The van der Waals surface area contributed by atoms with E-state index in [2.05, 4.69) is 5.10 Å². The molecule has 9 heteroatoms. The van der Waals surface area contributed by atoms with Crippen LogP contribution >= 0.6 is 34.7 Å². The first-order chi connectivity index (χ1) is 8.82. The second kappa shape index (κ2) is 7.87. The van der Waals surface area contributed by atoms with Crippen LogP contribution in [0.4, 0.5) is 0 Å². The Morgan fingerprint density at radius 1 is 1.42 bits per heavy atom. The van der Waals surface area contributed by atoms with Crippen molar-refractivity contribution in [1.29, 1.82) is 0 Å². The van der Waals surface area contributed by atoms with Crippen molar-refractivity contribution in [3.63, 3.8) is 0 Å². The molecular formula is C10H12Cl2N2OP2S2. The summed E-state index contributed by atoms with van der Waals surface area (Å²) in [7, 11) is 2.44. The number of hydrogen-bond acceptors (Lipinski definition) is 4. The zero-order valence-electron chi connectivity index (χ0n) is 10.2. The average Bonchev–Trinajstić information content (AvgIpc) is 2.36. The monoisotopic (exact) mass is 372 g/mol. The largest absolute Gasteiger partial charge is 0.481 e. The summed E-state index contributed by atoms with van der Waals surface area (Å²) in [5.74, 6) is 0.772. The maximum absolute atomic E-state index is 5.82. The van der Waals surface area contributed by atoms with Gasteiger partial charge < -0.3 is 4.74 Å². The molecule has 0 radical (unpaired) electrons. The average molecular weight is 373 g/mol.